The molecule has 9 heteroatoms. The van der Waals surface area contributed by atoms with Gasteiger partial charge in [0.05, 0.1) is 24.5 Å². The lowest BCUT2D eigenvalue weighted by Crippen LogP contribution is -2.34. The molecule has 2 atom stereocenters. The van der Waals surface area contributed by atoms with E-state index >= 15 is 0 Å². The molecule has 0 saturated carbocycles. The molecule has 8 nitrogen and oxygen atoms in total. The van der Waals surface area contributed by atoms with Crippen molar-refractivity contribution in [3.8, 4) is 5.75 Å². The maximum Gasteiger partial charge on any atom is 0.323 e. The Hall–Kier alpha value is -3.56. The van der Waals surface area contributed by atoms with Crippen molar-refractivity contribution in [2.24, 2.45) is 0 Å². The molecule has 37 heavy (non-hydrogen) atoms. The first-order chi connectivity index (χ1) is 17.7. The first-order valence-electron chi connectivity index (χ1n) is 12.3. The van der Waals surface area contributed by atoms with Gasteiger partial charge in [0, 0.05) is 25.3 Å². The predicted molar refractivity (Wildman–Crippen MR) is 144 cm³/mol. The molecule has 194 valence electrons. The number of hydrogen-bond donors (Lipinski definition) is 1. The number of benzene rings is 3. The van der Waals surface area contributed by atoms with Crippen LogP contribution in [0.1, 0.15) is 27.0 Å². The standard InChI is InChI=1S/C28H31N3O5S/c1-19-11-12-20(2)24(15-19)28(32)30-17-26(35-3)27(18-30)36-23-9-6-8-22(16-23)29-37(33,34)31-14-13-21-7-4-5-10-25(21)31/h4-12,15-16,26-27,29H,13-14,17-18H2,1-3H3/t26-,27-/m1/s1. The zero-order valence-corrected chi connectivity index (χ0v) is 22.0. The molecular weight excluding hydrogens is 490 g/mol. The Morgan fingerprint density at radius 1 is 0.973 bits per heavy atom. The quantitative estimate of drug-likeness (QED) is 0.509. The lowest BCUT2D eigenvalue weighted by molar-refractivity contribution is 0.0340. The first kappa shape index (κ1) is 25.1. The molecule has 0 bridgehead atoms. The van der Waals surface area contributed by atoms with Gasteiger partial charge in [-0.05, 0) is 55.7 Å². The molecular formula is C28H31N3O5S. The number of anilines is 2. The first-order valence-corrected chi connectivity index (χ1v) is 13.7. The van der Waals surface area contributed by atoms with Crippen LogP contribution in [0, 0.1) is 13.8 Å². The van der Waals surface area contributed by atoms with Gasteiger partial charge in [0.2, 0.25) is 0 Å². The summed E-state index contributed by atoms with van der Waals surface area (Å²) in [5.74, 6) is 0.442. The van der Waals surface area contributed by atoms with Crippen LogP contribution < -0.4 is 13.8 Å². The molecule has 0 unspecified atom stereocenters. The van der Waals surface area contributed by atoms with E-state index in [0.717, 1.165) is 16.7 Å². The van der Waals surface area contributed by atoms with Crippen LogP contribution in [-0.2, 0) is 21.4 Å². The second-order valence-electron chi connectivity index (χ2n) is 9.54. The summed E-state index contributed by atoms with van der Waals surface area (Å²) in [7, 11) is -2.19. The number of carbonyl (C=O) groups is 1. The minimum atomic E-state index is -3.79. The fourth-order valence-electron chi connectivity index (χ4n) is 4.96. The summed E-state index contributed by atoms with van der Waals surface area (Å²) < 4.78 is 42.2. The zero-order chi connectivity index (χ0) is 26.2. The monoisotopic (exact) mass is 521 g/mol. The SMILES string of the molecule is CO[C@@H]1CN(C(=O)c2cc(C)ccc2C)C[C@H]1Oc1cccc(NS(=O)(=O)N2CCc3ccccc32)c1. The normalized spacial score (nSPS) is 19.1. The summed E-state index contributed by atoms with van der Waals surface area (Å²) in [5, 5.41) is 0. The van der Waals surface area contributed by atoms with Crippen molar-refractivity contribution in [3.63, 3.8) is 0 Å². The van der Waals surface area contributed by atoms with Gasteiger partial charge in [-0.25, -0.2) is 0 Å². The van der Waals surface area contributed by atoms with Crippen molar-refractivity contribution in [1.82, 2.24) is 4.90 Å². The van der Waals surface area contributed by atoms with E-state index in [2.05, 4.69) is 4.72 Å². The van der Waals surface area contributed by atoms with Crippen LogP contribution in [0.15, 0.2) is 66.7 Å². The molecule has 2 heterocycles. The molecule has 2 aliphatic heterocycles. The lowest BCUT2D eigenvalue weighted by atomic mass is 10.0. The van der Waals surface area contributed by atoms with E-state index in [1.54, 1.807) is 36.3 Å². The number of carbonyl (C=O) groups excluding carboxylic acids is 1. The van der Waals surface area contributed by atoms with Crippen LogP contribution >= 0.6 is 0 Å². The molecule has 0 aliphatic carbocycles. The number of amides is 1. The fourth-order valence-corrected chi connectivity index (χ4v) is 6.26. The van der Waals surface area contributed by atoms with Crippen LogP contribution in [0.5, 0.6) is 5.75 Å². The van der Waals surface area contributed by atoms with Crippen LogP contribution in [0.4, 0.5) is 11.4 Å². The number of rotatable bonds is 7. The van der Waals surface area contributed by atoms with Gasteiger partial charge in [-0.3, -0.25) is 13.8 Å². The van der Waals surface area contributed by atoms with Crippen molar-refractivity contribution in [2.75, 3.05) is 35.8 Å². The van der Waals surface area contributed by atoms with Crippen LogP contribution in [0.3, 0.4) is 0 Å². The fraction of sp³-hybridized carbons (Fsp3) is 0.321. The van der Waals surface area contributed by atoms with Gasteiger partial charge in [0.25, 0.3) is 5.91 Å². The largest absolute Gasteiger partial charge is 0.486 e. The minimum absolute atomic E-state index is 0.0539. The Labute approximate surface area is 218 Å². The van der Waals surface area contributed by atoms with Crippen LogP contribution in [0.25, 0.3) is 0 Å². The maximum atomic E-state index is 13.2. The summed E-state index contributed by atoms with van der Waals surface area (Å²) in [5.41, 5.74) is 4.74. The molecule has 1 amide bonds. The summed E-state index contributed by atoms with van der Waals surface area (Å²) in [6.07, 6.45) is -0.0238. The molecule has 3 aromatic carbocycles. The number of methoxy groups -OCH3 is 1. The van der Waals surface area contributed by atoms with Crippen LogP contribution in [0.2, 0.25) is 0 Å². The summed E-state index contributed by atoms with van der Waals surface area (Å²) in [4.78, 5) is 15.0. The number of likely N-dealkylation sites (tertiary alicyclic amines) is 1. The van der Waals surface area contributed by atoms with E-state index < -0.39 is 16.3 Å². The summed E-state index contributed by atoms with van der Waals surface area (Å²) in [6.45, 7) is 5.07. The number of nitrogens with one attached hydrogen (secondary N) is 1. The van der Waals surface area contributed by atoms with Gasteiger partial charge in [-0.2, -0.15) is 8.42 Å². The number of aryl methyl sites for hydroxylation is 2. The molecule has 1 fully saturated rings. The Morgan fingerprint density at radius 3 is 2.57 bits per heavy atom. The van der Waals surface area contributed by atoms with Gasteiger partial charge >= 0.3 is 10.2 Å². The minimum Gasteiger partial charge on any atom is -0.486 e. The summed E-state index contributed by atoms with van der Waals surface area (Å²) in [6, 6.07) is 20.2. The molecule has 2 aliphatic rings. The Bertz CT molecular complexity index is 1420. The van der Waals surface area contributed by atoms with Crippen molar-refractivity contribution in [1.29, 1.82) is 0 Å². The van der Waals surface area contributed by atoms with Crippen LogP contribution in [-0.4, -0.2) is 58.2 Å². The van der Waals surface area contributed by atoms with Crippen molar-refractivity contribution in [2.45, 2.75) is 32.5 Å². The third kappa shape index (κ3) is 5.14. The molecule has 0 radical (unpaired) electrons. The van der Waals surface area contributed by atoms with Gasteiger partial charge < -0.3 is 14.4 Å². The number of nitrogens with zero attached hydrogens (tertiary/aromatic N) is 2. The Balaban J connectivity index is 1.29. The molecule has 5 rings (SSSR count). The van der Waals surface area contributed by atoms with E-state index in [4.69, 9.17) is 9.47 Å². The summed E-state index contributed by atoms with van der Waals surface area (Å²) >= 11 is 0. The highest BCUT2D eigenvalue weighted by Gasteiger charge is 2.38. The number of para-hydroxylation sites is 1. The second-order valence-corrected chi connectivity index (χ2v) is 11.1. The van der Waals surface area contributed by atoms with Gasteiger partial charge in [-0.15, -0.1) is 0 Å². The number of hydrogen-bond acceptors (Lipinski definition) is 5. The smallest absolute Gasteiger partial charge is 0.323 e. The third-order valence-corrected chi connectivity index (χ3v) is 8.38. The van der Waals surface area contributed by atoms with Crippen molar-refractivity contribution in [3.05, 3.63) is 89.0 Å². The van der Waals surface area contributed by atoms with Gasteiger partial charge in [0.1, 0.15) is 18.0 Å². The second kappa shape index (κ2) is 10.1. The highest BCUT2D eigenvalue weighted by Crippen LogP contribution is 2.31. The van der Waals surface area contributed by atoms with Gasteiger partial charge in [0.15, 0.2) is 0 Å². The molecule has 1 saturated heterocycles. The molecule has 1 N–H and O–H groups in total. The van der Waals surface area contributed by atoms with Gasteiger partial charge in [-0.1, -0.05) is 42.0 Å². The average Bonchev–Trinajstić information content (AvgIpc) is 3.50. The van der Waals surface area contributed by atoms with Crippen molar-refractivity contribution < 1.29 is 22.7 Å². The predicted octanol–water partition coefficient (Wildman–Crippen LogP) is 3.94. The maximum absolute atomic E-state index is 13.2. The Kier molecular flexibility index (Phi) is 6.83. The molecule has 3 aromatic rings. The number of ether oxygens (including phenoxy) is 2. The molecule has 0 aromatic heterocycles. The third-order valence-electron chi connectivity index (χ3n) is 6.93. The van der Waals surface area contributed by atoms with E-state index in [1.165, 1.54) is 4.31 Å². The highest BCUT2D eigenvalue weighted by molar-refractivity contribution is 7.94. The van der Waals surface area contributed by atoms with E-state index in [-0.39, 0.29) is 12.0 Å². The van der Waals surface area contributed by atoms with Crippen molar-refractivity contribution >= 4 is 27.5 Å². The highest BCUT2D eigenvalue weighted by atomic mass is 32.2. The van der Waals surface area contributed by atoms with E-state index in [1.807, 2.05) is 56.3 Å². The van der Waals surface area contributed by atoms with E-state index in [9.17, 15) is 13.2 Å². The van der Waals surface area contributed by atoms with E-state index in [0.29, 0.717) is 48.7 Å². The molecule has 0 spiro atoms. The zero-order valence-electron chi connectivity index (χ0n) is 21.2. The Morgan fingerprint density at radius 2 is 1.76 bits per heavy atom. The average molecular weight is 522 g/mol. The number of fused-ring (bicyclic) bond motifs is 1. The topological polar surface area (TPSA) is 88.2 Å². The lowest BCUT2D eigenvalue weighted by Gasteiger charge is -2.22.